The van der Waals surface area contributed by atoms with Gasteiger partial charge in [-0.1, -0.05) is 21.6 Å². The molecule has 5 N–H and O–H groups in total. The van der Waals surface area contributed by atoms with Gasteiger partial charge in [0.25, 0.3) is 0 Å². The van der Waals surface area contributed by atoms with Gasteiger partial charge < -0.3 is 16.6 Å². The van der Waals surface area contributed by atoms with Crippen LogP contribution in [0.1, 0.15) is 0 Å². The Balaban J connectivity index is -0.0000000740. The average molecular weight is 257 g/mol. The van der Waals surface area contributed by atoms with Crippen LogP contribution in [-0.4, -0.2) is 36.8 Å². The van der Waals surface area contributed by atoms with E-state index in [9.17, 15) is 0 Å². The SMILES string of the molecule is CO.Cl.Cl.NCCSSCCN. The molecule has 0 aromatic carbocycles. The van der Waals surface area contributed by atoms with Crippen molar-refractivity contribution < 1.29 is 5.11 Å². The van der Waals surface area contributed by atoms with Gasteiger partial charge in [0, 0.05) is 31.7 Å². The quantitative estimate of drug-likeness (QED) is 0.500. The highest BCUT2D eigenvalue weighted by atomic mass is 35.5. The van der Waals surface area contributed by atoms with Gasteiger partial charge in [-0.15, -0.1) is 24.8 Å². The monoisotopic (exact) mass is 256 g/mol. The first-order valence-corrected chi connectivity index (χ1v) is 5.50. The van der Waals surface area contributed by atoms with Gasteiger partial charge in [0.2, 0.25) is 0 Å². The van der Waals surface area contributed by atoms with E-state index in [1.54, 1.807) is 21.6 Å². The van der Waals surface area contributed by atoms with Gasteiger partial charge in [0.1, 0.15) is 0 Å². The lowest BCUT2D eigenvalue weighted by molar-refractivity contribution is 0.399. The zero-order chi connectivity index (χ0) is 8.24. The fourth-order valence-corrected chi connectivity index (χ4v) is 1.93. The molecule has 3 nitrogen and oxygen atoms in total. The number of nitrogens with two attached hydrogens (primary N) is 2. The largest absolute Gasteiger partial charge is 0.400 e. The normalized spacial score (nSPS) is 7.00. The van der Waals surface area contributed by atoms with Crippen molar-refractivity contribution in [3.05, 3.63) is 0 Å². The van der Waals surface area contributed by atoms with E-state index in [4.69, 9.17) is 16.6 Å². The number of hydrogen-bond donors (Lipinski definition) is 3. The summed E-state index contributed by atoms with van der Waals surface area (Å²) in [6.07, 6.45) is 0. The second kappa shape index (κ2) is 29.5. The highest BCUT2D eigenvalue weighted by molar-refractivity contribution is 8.76. The van der Waals surface area contributed by atoms with Crippen LogP contribution in [0.4, 0.5) is 0 Å². The zero-order valence-electron chi connectivity index (χ0n) is 7.06. The topological polar surface area (TPSA) is 72.3 Å². The third-order valence-electron chi connectivity index (χ3n) is 0.486. The van der Waals surface area contributed by atoms with Gasteiger partial charge in [-0.2, -0.15) is 0 Å². The molecule has 0 fully saturated rings. The molecule has 0 aliphatic rings. The summed E-state index contributed by atoms with van der Waals surface area (Å²) in [5.74, 6) is 2.06. The first kappa shape index (κ1) is 23.2. The molecule has 0 saturated heterocycles. The van der Waals surface area contributed by atoms with E-state index < -0.39 is 0 Å². The summed E-state index contributed by atoms with van der Waals surface area (Å²) in [4.78, 5) is 0. The molecule has 0 unspecified atom stereocenters. The van der Waals surface area contributed by atoms with Crippen LogP contribution in [0.3, 0.4) is 0 Å². The second-order valence-corrected chi connectivity index (χ2v) is 3.92. The van der Waals surface area contributed by atoms with E-state index in [2.05, 4.69) is 0 Å². The molecule has 0 amide bonds. The van der Waals surface area contributed by atoms with Gasteiger partial charge in [0.15, 0.2) is 0 Å². The molecule has 0 aromatic rings. The summed E-state index contributed by atoms with van der Waals surface area (Å²) >= 11 is 0. The van der Waals surface area contributed by atoms with E-state index >= 15 is 0 Å². The van der Waals surface area contributed by atoms with Gasteiger partial charge in [-0.25, -0.2) is 0 Å². The van der Waals surface area contributed by atoms with Crippen molar-refractivity contribution in [2.75, 3.05) is 31.7 Å². The fraction of sp³-hybridized carbons (Fsp3) is 1.00. The van der Waals surface area contributed by atoms with Crippen LogP contribution in [0.2, 0.25) is 0 Å². The molecule has 0 bridgehead atoms. The Labute approximate surface area is 94.6 Å². The van der Waals surface area contributed by atoms with Gasteiger partial charge in [-0.05, 0) is 0 Å². The van der Waals surface area contributed by atoms with Crippen molar-refractivity contribution in [3.8, 4) is 0 Å². The van der Waals surface area contributed by atoms with Crippen molar-refractivity contribution in [1.82, 2.24) is 0 Å². The predicted molar refractivity (Wildman–Crippen MR) is 65.7 cm³/mol. The van der Waals surface area contributed by atoms with Crippen LogP contribution in [0.25, 0.3) is 0 Å². The first-order valence-electron chi connectivity index (χ1n) is 3.01. The third-order valence-corrected chi connectivity index (χ3v) is 2.96. The molecule has 0 rings (SSSR count). The van der Waals surface area contributed by atoms with Crippen molar-refractivity contribution in [3.63, 3.8) is 0 Å². The van der Waals surface area contributed by atoms with E-state index in [1.807, 2.05) is 0 Å². The molecule has 0 radical (unpaired) electrons. The van der Waals surface area contributed by atoms with E-state index in [0.717, 1.165) is 31.7 Å². The summed E-state index contributed by atoms with van der Waals surface area (Å²) in [6.45, 7) is 1.53. The molecule has 7 heteroatoms. The van der Waals surface area contributed by atoms with Gasteiger partial charge in [-0.3, -0.25) is 0 Å². The fourth-order valence-electron chi connectivity index (χ4n) is 0.214. The summed E-state index contributed by atoms with van der Waals surface area (Å²) in [5.41, 5.74) is 10.5. The Morgan fingerprint density at radius 1 is 0.917 bits per heavy atom. The van der Waals surface area contributed by atoms with Crippen molar-refractivity contribution in [2.45, 2.75) is 0 Å². The Hall–Kier alpha value is 1.16. The Kier molecular flexibility index (Phi) is 57.1. The highest BCUT2D eigenvalue weighted by Crippen LogP contribution is 2.18. The van der Waals surface area contributed by atoms with Gasteiger partial charge in [0.05, 0.1) is 0 Å². The van der Waals surface area contributed by atoms with Crippen LogP contribution in [-0.2, 0) is 0 Å². The number of halogens is 2. The first-order chi connectivity index (χ1) is 4.91. The Morgan fingerprint density at radius 3 is 1.33 bits per heavy atom. The number of hydrogen-bond acceptors (Lipinski definition) is 5. The molecule has 0 aliphatic carbocycles. The summed E-state index contributed by atoms with van der Waals surface area (Å²) in [5, 5.41) is 7.00. The minimum atomic E-state index is 0. The minimum absolute atomic E-state index is 0. The number of aliphatic hydroxyl groups is 1. The molecular weight excluding hydrogens is 239 g/mol. The molecule has 12 heavy (non-hydrogen) atoms. The predicted octanol–water partition coefficient (Wildman–Crippen LogP) is 0.737. The lowest BCUT2D eigenvalue weighted by Gasteiger charge is -1.93. The number of rotatable bonds is 5. The smallest absolute Gasteiger partial charge is 0.0319 e. The van der Waals surface area contributed by atoms with Crippen LogP contribution in [0.15, 0.2) is 0 Å². The maximum absolute atomic E-state index is 7.00. The van der Waals surface area contributed by atoms with E-state index in [1.165, 1.54) is 0 Å². The van der Waals surface area contributed by atoms with Crippen LogP contribution in [0, 0.1) is 0 Å². The molecule has 0 spiro atoms. The van der Waals surface area contributed by atoms with E-state index in [-0.39, 0.29) is 24.8 Å². The second-order valence-electron chi connectivity index (χ2n) is 1.22. The van der Waals surface area contributed by atoms with Crippen LogP contribution >= 0.6 is 46.4 Å². The lowest BCUT2D eigenvalue weighted by atomic mass is 10.8. The molecule has 0 saturated carbocycles. The summed E-state index contributed by atoms with van der Waals surface area (Å²) in [6, 6.07) is 0. The minimum Gasteiger partial charge on any atom is -0.400 e. The maximum Gasteiger partial charge on any atom is 0.0319 e. The molecule has 0 aromatic heterocycles. The van der Waals surface area contributed by atoms with Gasteiger partial charge >= 0.3 is 0 Å². The highest BCUT2D eigenvalue weighted by Gasteiger charge is 1.84. The van der Waals surface area contributed by atoms with Crippen molar-refractivity contribution >= 4 is 46.4 Å². The standard InChI is InChI=1S/C4H12N2S2.CH4O.2ClH/c5-1-3-7-8-4-2-6;1-2;;/h1-6H2;2H,1H3;2*1H. The molecule has 80 valence electrons. The molecule has 0 heterocycles. The van der Waals surface area contributed by atoms with E-state index in [0.29, 0.717) is 0 Å². The number of aliphatic hydroxyl groups excluding tert-OH is 1. The van der Waals surface area contributed by atoms with Crippen LogP contribution < -0.4 is 11.5 Å². The molecular formula is C5H18Cl2N2OS2. The lowest BCUT2D eigenvalue weighted by Crippen LogP contribution is -2.02. The third kappa shape index (κ3) is 30.4. The summed E-state index contributed by atoms with van der Waals surface area (Å²) in [7, 11) is 4.58. The van der Waals surface area contributed by atoms with Crippen LogP contribution in [0.5, 0.6) is 0 Å². The van der Waals surface area contributed by atoms with Crippen molar-refractivity contribution in [2.24, 2.45) is 11.5 Å². The molecule has 0 atom stereocenters. The molecule has 0 aliphatic heterocycles. The van der Waals surface area contributed by atoms with Crippen molar-refractivity contribution in [1.29, 1.82) is 0 Å². The zero-order valence-corrected chi connectivity index (χ0v) is 10.3. The maximum atomic E-state index is 7.00. The summed E-state index contributed by atoms with van der Waals surface area (Å²) < 4.78 is 0. The Morgan fingerprint density at radius 2 is 1.17 bits per heavy atom. The Bertz CT molecular complexity index is 50.4. The average Bonchev–Trinajstić information content (AvgIpc) is 2.02.